The van der Waals surface area contributed by atoms with Crippen LogP contribution >= 0.6 is 7.82 Å². The van der Waals surface area contributed by atoms with E-state index in [1.807, 2.05) is 5.48 Å². The summed E-state index contributed by atoms with van der Waals surface area (Å²) < 4.78 is 67.9. The van der Waals surface area contributed by atoms with E-state index in [1.54, 1.807) is 6.92 Å². The van der Waals surface area contributed by atoms with E-state index in [4.69, 9.17) is 61.3 Å². The number of benzene rings is 1. The molecule has 4 saturated heterocycles. The van der Waals surface area contributed by atoms with Crippen LogP contribution in [0.25, 0.3) is 0 Å². The zero-order valence-electron chi connectivity index (χ0n) is 70.4. The summed E-state index contributed by atoms with van der Waals surface area (Å²) in [4.78, 5) is 175. The van der Waals surface area contributed by atoms with Gasteiger partial charge >= 0.3 is 7.82 Å². The Bertz CT molecular complexity index is 3580. The lowest BCUT2D eigenvalue weighted by Gasteiger charge is -2.42. The van der Waals surface area contributed by atoms with Gasteiger partial charge in [0.05, 0.1) is 33.0 Å². The van der Waals surface area contributed by atoms with Crippen molar-refractivity contribution in [3.8, 4) is 11.5 Å². The molecule has 54 heteroatoms. The Morgan fingerprint density at radius 2 is 0.730 bits per heavy atom. The van der Waals surface area contributed by atoms with E-state index in [9.17, 15) is 123 Å². The maximum absolute atomic E-state index is 14.3. The van der Waals surface area contributed by atoms with E-state index in [0.717, 1.165) is 55.9 Å². The molecule has 53 nitrogen and oxygen atoms in total. The van der Waals surface area contributed by atoms with Crippen molar-refractivity contribution in [3.05, 3.63) is 23.8 Å². The van der Waals surface area contributed by atoms with Gasteiger partial charge in [-0.15, -0.1) is 0 Å². The highest BCUT2D eigenvalue weighted by Gasteiger charge is 2.50. The quantitative estimate of drug-likeness (QED) is 0.0164. The van der Waals surface area contributed by atoms with Crippen molar-refractivity contribution in [2.24, 2.45) is 0 Å². The highest BCUT2D eigenvalue weighted by atomic mass is 31.2. The van der Waals surface area contributed by atoms with E-state index in [2.05, 4.69) is 64.3 Å². The third-order valence-corrected chi connectivity index (χ3v) is 20.1. The predicted octanol–water partition coefficient (Wildman–Crippen LogP) is -12.4. The van der Waals surface area contributed by atoms with Crippen LogP contribution < -0.4 is 79.2 Å². The van der Waals surface area contributed by atoms with Crippen LogP contribution in [-0.4, -0.2) is 403 Å². The van der Waals surface area contributed by atoms with Crippen LogP contribution in [0.4, 0.5) is 0 Å². The lowest BCUT2D eigenvalue weighted by atomic mass is 9.97. The van der Waals surface area contributed by atoms with Crippen LogP contribution in [0, 0.1) is 0 Å². The molecule has 4 heterocycles. The number of nitrogens with zero attached hydrogens (tertiary/aromatic N) is 2. The van der Waals surface area contributed by atoms with Crippen molar-refractivity contribution in [1.29, 1.82) is 0 Å². The molecular formula is C72H122N15O38P. The van der Waals surface area contributed by atoms with Crippen LogP contribution in [0.2, 0.25) is 0 Å². The molecule has 126 heavy (non-hydrogen) atoms. The third kappa shape index (κ3) is 37.0. The Kier molecular flexibility index (Phi) is 48.8. The summed E-state index contributed by atoms with van der Waals surface area (Å²) in [6.07, 6.45) is -22.0. The van der Waals surface area contributed by atoms with Gasteiger partial charge < -0.3 is 152 Å². The number of hydrogen-bond acceptors (Lipinski definition) is 41. The number of phosphoric ester groups is 1. The first-order chi connectivity index (χ1) is 60.0. The highest BCUT2D eigenvalue weighted by Crippen LogP contribution is 2.47. The van der Waals surface area contributed by atoms with E-state index >= 15 is 0 Å². The number of carbonyl (C=O) groups excluding carboxylic acids is 12. The SMILES string of the molecule is CCCOP(=O)(OC)ONC(=O)c1cc(OCC(=O)N(CC(=O)NCCCNOC2OC(CO)C(O)C(O)C2NC(C)=O)CC(=O)NCCCNOC2OC(CO)C(O)C(O)C2NC(C)=O)cc(OCC(=O)N(CC(=O)NCCCNOC2OC(CO)C(O)C(O)C2NC(C)=O)CC(=O)NCCCNC(=O)CCCCOC2OC(CO)C(O)C(O)C2NC(C)=O)c1. The number of ether oxygens (including phenoxy) is 7. The smallest absolute Gasteiger partial charge is 0.484 e. The summed E-state index contributed by atoms with van der Waals surface area (Å²) in [5.41, 5.74) is 9.13. The van der Waals surface area contributed by atoms with Crippen LogP contribution in [0.15, 0.2) is 18.2 Å². The van der Waals surface area contributed by atoms with Crippen LogP contribution in [-0.2, 0) is 109 Å². The Balaban J connectivity index is 1.31. The number of hydroxylamine groups is 4. The number of unbranched alkanes of at least 4 members (excludes halogenated alkanes) is 1. The molecule has 1 aromatic carbocycles. The zero-order valence-corrected chi connectivity index (χ0v) is 71.3. The van der Waals surface area contributed by atoms with Crippen molar-refractivity contribution in [1.82, 2.24) is 79.6 Å². The fourth-order valence-corrected chi connectivity index (χ4v) is 13.2. The van der Waals surface area contributed by atoms with E-state index < -0.39 is 278 Å². The molecular weight excluding hydrogens is 1710 g/mol. The maximum Gasteiger partial charge on any atom is 0.496 e. The van der Waals surface area contributed by atoms with E-state index in [0.29, 0.717) is 19.3 Å². The summed E-state index contributed by atoms with van der Waals surface area (Å²) in [5.74, 6) is -10.2. The number of aliphatic hydroxyl groups is 12. The molecule has 1 aromatic rings. The van der Waals surface area contributed by atoms with Gasteiger partial charge in [0, 0.05) is 112 Å². The predicted molar refractivity (Wildman–Crippen MR) is 422 cm³/mol. The van der Waals surface area contributed by atoms with E-state index in [1.165, 1.54) is 6.92 Å². The van der Waals surface area contributed by atoms with Crippen LogP contribution in [0.5, 0.6) is 11.5 Å². The fourth-order valence-electron chi connectivity index (χ4n) is 12.3. The Morgan fingerprint density at radius 3 is 1.05 bits per heavy atom. The standard InChI is InChI=1S/C72H122N15O38P/c1-7-23-117-126(112,113-6)125-85-68(111)42-25-43(27-44(26-42)116-37-55(102)87(30-52(99)76-18-12-21-79-123-71-58(83-40(4)94)66(109)62(105)47(34-90)120-71)31-53(100)77-19-13-22-80-124-72-59(84-41(5)95)67(110)63(106)48(35-91)121-72)115-36-54(101)86(29-51(98)75-17-11-20-78-122-70-57(82-39(3)93)65(108)61(104)46(33-89)119-70)28-50(97)74-16-10-15-73-49(96)14-8-9-24-114-69-56(81-38(2)92)64(107)60(103)45(32-88)118-69/h25-27,45-48,56-67,69-72,78-80,88-91,103-110H,7-24,28-37H2,1-6H3,(H,73,96)(H,74,97)(H,75,98)(H,76,99)(H,77,100)(H,81,92)(H,82,93)(H,83,94)(H,84,95)(H,85,111). The van der Waals surface area contributed by atoms with Gasteiger partial charge in [0.25, 0.3) is 17.7 Å². The second-order valence-electron chi connectivity index (χ2n) is 29.0. The number of amides is 12. The molecule has 5 rings (SSSR count). The van der Waals surface area contributed by atoms with Crippen LogP contribution in [0.3, 0.4) is 0 Å². The van der Waals surface area contributed by atoms with Crippen LogP contribution in [0.1, 0.15) is 96.3 Å². The fraction of sp³-hybridized carbons (Fsp3) is 0.750. The summed E-state index contributed by atoms with van der Waals surface area (Å²) >= 11 is 0. The molecule has 0 radical (unpaired) electrons. The van der Waals surface area contributed by atoms with Gasteiger partial charge in [-0.05, 0) is 57.1 Å². The summed E-state index contributed by atoms with van der Waals surface area (Å²) in [6.45, 7) is -2.58. The first-order valence-electron chi connectivity index (χ1n) is 40.5. The summed E-state index contributed by atoms with van der Waals surface area (Å²) in [6, 6.07) is -1.97. The van der Waals surface area contributed by atoms with Gasteiger partial charge in [0.1, 0.15) is 135 Å². The average molecular weight is 1840 g/mol. The largest absolute Gasteiger partial charge is 0.496 e. The van der Waals surface area contributed by atoms with Gasteiger partial charge in [-0.1, -0.05) is 6.92 Å². The van der Waals surface area contributed by atoms with Crippen molar-refractivity contribution in [2.45, 2.75) is 209 Å². The Morgan fingerprint density at radius 1 is 0.413 bits per heavy atom. The van der Waals surface area contributed by atoms with Crippen molar-refractivity contribution < 1.29 is 185 Å². The second kappa shape index (κ2) is 56.9. The number of nitrogens with one attached hydrogen (secondary N) is 13. The summed E-state index contributed by atoms with van der Waals surface area (Å²) in [5, 5.41) is 145. The zero-order chi connectivity index (χ0) is 93.2. The molecule has 25 N–H and O–H groups in total. The van der Waals surface area contributed by atoms with Gasteiger partial charge in [-0.3, -0.25) is 81.1 Å². The number of aliphatic hydroxyl groups excluding tert-OH is 12. The summed E-state index contributed by atoms with van der Waals surface area (Å²) in [7, 11) is -3.51. The number of rotatable bonds is 57. The Hall–Kier alpha value is -8.35. The third-order valence-electron chi connectivity index (χ3n) is 18.9. The molecule has 21 unspecified atom stereocenters. The van der Waals surface area contributed by atoms with Crippen molar-refractivity contribution >= 4 is 78.7 Å². The van der Waals surface area contributed by atoms with Gasteiger partial charge in [-0.2, -0.15) is 21.1 Å². The molecule has 21 atom stereocenters. The topological polar surface area (TPSA) is 748 Å². The highest BCUT2D eigenvalue weighted by molar-refractivity contribution is 7.48. The minimum Gasteiger partial charge on any atom is -0.484 e. The van der Waals surface area contributed by atoms with E-state index in [-0.39, 0.29) is 104 Å². The monoisotopic (exact) mass is 1840 g/mol. The number of hydrogen-bond donors (Lipinski definition) is 25. The molecule has 0 aliphatic carbocycles. The minimum atomic E-state index is -4.47. The first kappa shape index (κ1) is 108. The molecule has 0 bridgehead atoms. The molecule has 718 valence electrons. The molecule has 0 spiro atoms. The second-order valence-corrected chi connectivity index (χ2v) is 30.7. The molecule has 0 aromatic heterocycles. The molecule has 12 amide bonds. The van der Waals surface area contributed by atoms with Crippen molar-refractivity contribution in [3.63, 3.8) is 0 Å². The lowest BCUT2D eigenvalue weighted by molar-refractivity contribution is -0.286. The molecule has 0 saturated carbocycles. The normalized spacial score (nSPS) is 26.3. The van der Waals surface area contributed by atoms with Crippen molar-refractivity contribution in [2.75, 3.05) is 139 Å². The molecule has 4 aliphatic heterocycles. The minimum absolute atomic E-state index is 0.0129. The van der Waals surface area contributed by atoms with Gasteiger partial charge in [-0.25, -0.2) is 10.0 Å². The van der Waals surface area contributed by atoms with Gasteiger partial charge in [0.2, 0.25) is 72.0 Å². The average Bonchev–Trinajstić information content (AvgIpc) is 0.816. The molecule has 4 aliphatic rings. The van der Waals surface area contributed by atoms with Gasteiger partial charge in [0.15, 0.2) is 19.5 Å². The first-order valence-corrected chi connectivity index (χ1v) is 41.9. The number of phosphoric acid groups is 1. The maximum atomic E-state index is 14.3. The Labute approximate surface area is 722 Å². The molecule has 4 fully saturated rings. The lowest BCUT2D eigenvalue weighted by Crippen LogP contribution is -2.65. The number of carbonyl (C=O) groups is 12.